The molecule has 0 aliphatic heterocycles. The first-order valence-electron chi connectivity index (χ1n) is 6.62. The zero-order chi connectivity index (χ0) is 15.2. The summed E-state index contributed by atoms with van der Waals surface area (Å²) in [6.07, 6.45) is 1.79. The third-order valence-electron chi connectivity index (χ3n) is 2.86. The highest BCUT2D eigenvalue weighted by molar-refractivity contribution is 7.11. The van der Waals surface area contributed by atoms with Gasteiger partial charge in [0, 0.05) is 30.4 Å². The van der Waals surface area contributed by atoms with Crippen LogP contribution in [0.25, 0.3) is 0 Å². The zero-order valence-corrected chi connectivity index (χ0v) is 12.8. The molecule has 0 bridgehead atoms. The van der Waals surface area contributed by atoms with Gasteiger partial charge in [-0.3, -0.25) is 10.1 Å². The Hall–Kier alpha value is -1.99. The number of non-ortho nitro benzene ring substituents is 1. The molecular formula is C14H17N3O3S. The smallest absolute Gasteiger partial charge is 0.270 e. The minimum Gasteiger partial charge on any atom is -0.488 e. The molecule has 2 rings (SSSR count). The minimum absolute atomic E-state index is 0.0730. The normalized spacial score (nSPS) is 10.6. The van der Waals surface area contributed by atoms with Gasteiger partial charge in [-0.15, -0.1) is 11.3 Å². The number of rotatable bonds is 7. The van der Waals surface area contributed by atoms with E-state index in [1.165, 1.54) is 6.07 Å². The van der Waals surface area contributed by atoms with Crippen molar-refractivity contribution < 1.29 is 9.66 Å². The summed E-state index contributed by atoms with van der Waals surface area (Å²) in [6.45, 7) is 5.67. The lowest BCUT2D eigenvalue weighted by atomic mass is 10.1. The van der Waals surface area contributed by atoms with E-state index in [1.807, 2.05) is 13.8 Å². The van der Waals surface area contributed by atoms with Gasteiger partial charge in [0.05, 0.1) is 14.8 Å². The minimum atomic E-state index is -0.397. The van der Waals surface area contributed by atoms with Crippen LogP contribution in [-0.2, 0) is 13.2 Å². The van der Waals surface area contributed by atoms with Crippen molar-refractivity contribution in [2.75, 3.05) is 6.54 Å². The number of nitro benzene ring substituents is 1. The van der Waals surface area contributed by atoms with Crippen LogP contribution in [0.5, 0.6) is 5.75 Å². The summed E-state index contributed by atoms with van der Waals surface area (Å²) in [5, 5.41) is 15.0. The lowest BCUT2D eigenvalue weighted by Gasteiger charge is -2.11. The Morgan fingerprint density at radius 3 is 2.90 bits per heavy atom. The number of nitrogens with one attached hydrogen (secondary N) is 1. The van der Waals surface area contributed by atoms with Gasteiger partial charge in [-0.2, -0.15) is 0 Å². The molecule has 1 heterocycles. The summed E-state index contributed by atoms with van der Waals surface area (Å²) in [5.74, 6) is 0.660. The second-order valence-electron chi connectivity index (χ2n) is 4.46. The molecule has 21 heavy (non-hydrogen) atoms. The number of nitrogens with zero attached hydrogens (tertiary/aromatic N) is 2. The maximum Gasteiger partial charge on any atom is 0.270 e. The number of hydrogen-bond donors (Lipinski definition) is 1. The van der Waals surface area contributed by atoms with E-state index in [4.69, 9.17) is 4.74 Å². The van der Waals surface area contributed by atoms with Gasteiger partial charge in [0.25, 0.3) is 5.69 Å². The monoisotopic (exact) mass is 307 g/mol. The lowest BCUT2D eigenvalue weighted by Crippen LogP contribution is -2.13. The standard InChI is InChI=1S/C14H17N3O3S/c1-3-15-7-11-6-12(17(18)19)4-5-14(11)20-9-13-8-16-10(2)21-13/h4-6,8,15H,3,7,9H2,1-2H3. The van der Waals surface area contributed by atoms with E-state index in [0.717, 1.165) is 22.0 Å². The second-order valence-corrected chi connectivity index (χ2v) is 5.78. The number of thiazole rings is 1. The summed E-state index contributed by atoms with van der Waals surface area (Å²) >= 11 is 1.58. The molecule has 1 aromatic carbocycles. The molecule has 1 aromatic heterocycles. The number of aryl methyl sites for hydroxylation is 1. The number of hydrogen-bond acceptors (Lipinski definition) is 6. The first kappa shape index (κ1) is 15.4. The maximum atomic E-state index is 10.9. The van der Waals surface area contributed by atoms with Crippen molar-refractivity contribution in [3.05, 3.63) is 50.0 Å². The number of aromatic nitrogens is 1. The van der Waals surface area contributed by atoms with Crippen LogP contribution >= 0.6 is 11.3 Å². The van der Waals surface area contributed by atoms with Crippen LogP contribution in [0.1, 0.15) is 22.4 Å². The maximum absolute atomic E-state index is 10.9. The fourth-order valence-corrected chi connectivity index (χ4v) is 2.55. The summed E-state index contributed by atoms with van der Waals surface area (Å²) in [4.78, 5) is 15.7. The molecule has 0 saturated heterocycles. The number of benzene rings is 1. The quantitative estimate of drug-likeness (QED) is 0.628. The summed E-state index contributed by atoms with van der Waals surface area (Å²) in [6, 6.07) is 4.66. The molecule has 0 fully saturated rings. The Bertz CT molecular complexity index is 628. The Morgan fingerprint density at radius 2 is 2.29 bits per heavy atom. The molecule has 0 saturated carbocycles. The van der Waals surface area contributed by atoms with E-state index in [9.17, 15) is 10.1 Å². The molecule has 0 unspecified atom stereocenters. The summed E-state index contributed by atoms with van der Waals surface area (Å²) in [7, 11) is 0. The van der Waals surface area contributed by atoms with Gasteiger partial charge in [0.15, 0.2) is 0 Å². The van der Waals surface area contributed by atoms with Crippen molar-refractivity contribution >= 4 is 17.0 Å². The Morgan fingerprint density at radius 1 is 1.48 bits per heavy atom. The predicted octanol–water partition coefficient (Wildman–Crippen LogP) is 3.05. The Labute approximate surface area is 126 Å². The second kappa shape index (κ2) is 7.14. The largest absolute Gasteiger partial charge is 0.488 e. The highest BCUT2D eigenvalue weighted by Crippen LogP contribution is 2.25. The zero-order valence-electron chi connectivity index (χ0n) is 12.0. The van der Waals surface area contributed by atoms with E-state index in [-0.39, 0.29) is 5.69 Å². The van der Waals surface area contributed by atoms with Crippen molar-refractivity contribution in [3.63, 3.8) is 0 Å². The molecule has 0 spiro atoms. The fourth-order valence-electron chi connectivity index (χ4n) is 1.84. The average Bonchev–Trinajstić information content (AvgIpc) is 2.88. The van der Waals surface area contributed by atoms with Crippen LogP contribution in [-0.4, -0.2) is 16.5 Å². The van der Waals surface area contributed by atoms with Gasteiger partial charge in [0.1, 0.15) is 12.4 Å². The van der Waals surface area contributed by atoms with Gasteiger partial charge in [-0.05, 0) is 19.5 Å². The van der Waals surface area contributed by atoms with Gasteiger partial charge in [-0.1, -0.05) is 6.92 Å². The van der Waals surface area contributed by atoms with E-state index in [0.29, 0.717) is 18.9 Å². The molecule has 112 valence electrons. The molecule has 1 N–H and O–H groups in total. The molecule has 0 aliphatic carbocycles. The van der Waals surface area contributed by atoms with Crippen LogP contribution in [0.2, 0.25) is 0 Å². The van der Waals surface area contributed by atoms with Gasteiger partial charge in [0.2, 0.25) is 0 Å². The molecule has 6 nitrogen and oxygen atoms in total. The number of ether oxygens (including phenoxy) is 1. The van der Waals surface area contributed by atoms with E-state index < -0.39 is 4.92 Å². The Kier molecular flexibility index (Phi) is 5.24. The van der Waals surface area contributed by atoms with Crippen molar-refractivity contribution in [1.82, 2.24) is 10.3 Å². The number of nitro groups is 1. The van der Waals surface area contributed by atoms with Gasteiger partial charge >= 0.3 is 0 Å². The molecule has 0 atom stereocenters. The third kappa shape index (κ3) is 4.24. The van der Waals surface area contributed by atoms with E-state index in [1.54, 1.807) is 29.7 Å². The summed E-state index contributed by atoms with van der Waals surface area (Å²) in [5.41, 5.74) is 0.858. The van der Waals surface area contributed by atoms with Crippen LogP contribution < -0.4 is 10.1 Å². The van der Waals surface area contributed by atoms with E-state index in [2.05, 4.69) is 10.3 Å². The lowest BCUT2D eigenvalue weighted by molar-refractivity contribution is -0.384. The third-order valence-corrected chi connectivity index (χ3v) is 3.75. The molecule has 2 aromatic rings. The van der Waals surface area contributed by atoms with Gasteiger partial charge < -0.3 is 10.1 Å². The van der Waals surface area contributed by atoms with E-state index >= 15 is 0 Å². The van der Waals surface area contributed by atoms with Crippen molar-refractivity contribution in [1.29, 1.82) is 0 Å². The van der Waals surface area contributed by atoms with Crippen molar-refractivity contribution in [3.8, 4) is 5.75 Å². The van der Waals surface area contributed by atoms with Crippen molar-refractivity contribution in [2.45, 2.75) is 27.0 Å². The first-order valence-corrected chi connectivity index (χ1v) is 7.44. The Balaban J connectivity index is 2.14. The predicted molar refractivity (Wildman–Crippen MR) is 81.7 cm³/mol. The van der Waals surface area contributed by atoms with Gasteiger partial charge in [-0.25, -0.2) is 4.98 Å². The topological polar surface area (TPSA) is 77.3 Å². The van der Waals surface area contributed by atoms with Crippen LogP contribution in [0, 0.1) is 17.0 Å². The summed E-state index contributed by atoms with van der Waals surface area (Å²) < 4.78 is 5.78. The molecule has 0 aliphatic rings. The van der Waals surface area contributed by atoms with Crippen LogP contribution in [0.4, 0.5) is 5.69 Å². The van der Waals surface area contributed by atoms with Crippen molar-refractivity contribution in [2.24, 2.45) is 0 Å². The molecular weight excluding hydrogens is 290 g/mol. The van der Waals surface area contributed by atoms with Crippen LogP contribution in [0.15, 0.2) is 24.4 Å². The highest BCUT2D eigenvalue weighted by Gasteiger charge is 2.12. The SMILES string of the molecule is CCNCc1cc([N+](=O)[O-])ccc1OCc1cnc(C)s1. The average molecular weight is 307 g/mol. The molecule has 7 heteroatoms. The van der Waals surface area contributed by atoms with Crippen LogP contribution in [0.3, 0.4) is 0 Å². The molecule has 0 radical (unpaired) electrons. The fraction of sp³-hybridized carbons (Fsp3) is 0.357. The first-order chi connectivity index (χ1) is 10.1. The highest BCUT2D eigenvalue weighted by atomic mass is 32.1. The molecule has 0 amide bonds.